The fourth-order valence-electron chi connectivity index (χ4n) is 3.00. The fourth-order valence-corrected chi connectivity index (χ4v) is 4.83. The van der Waals surface area contributed by atoms with E-state index in [1.165, 1.54) is 31.4 Å². The van der Waals surface area contributed by atoms with Crippen LogP contribution in [0.2, 0.25) is 0 Å². The van der Waals surface area contributed by atoms with Gasteiger partial charge in [-0.1, -0.05) is 17.8 Å². The van der Waals surface area contributed by atoms with Crippen molar-refractivity contribution in [1.82, 2.24) is 14.8 Å². The highest BCUT2D eigenvalue weighted by Gasteiger charge is 2.25. The zero-order valence-electron chi connectivity index (χ0n) is 18.9. The number of carbonyl (C=O) groups is 3. The summed E-state index contributed by atoms with van der Waals surface area (Å²) < 4.78 is 25.2. The van der Waals surface area contributed by atoms with Crippen LogP contribution in [-0.2, 0) is 22.7 Å². The summed E-state index contributed by atoms with van der Waals surface area (Å²) in [6.07, 6.45) is 1.65. The molecule has 0 spiro atoms. The summed E-state index contributed by atoms with van der Waals surface area (Å²) >= 11 is 2.02. The molecule has 1 aromatic carbocycles. The first-order valence-corrected chi connectivity index (χ1v) is 11.9. The highest BCUT2D eigenvalue weighted by Crippen LogP contribution is 2.33. The molecule has 0 aliphatic carbocycles. The molecule has 3 aromatic rings. The van der Waals surface area contributed by atoms with E-state index in [1.807, 2.05) is 0 Å². The van der Waals surface area contributed by atoms with Crippen LogP contribution in [-0.4, -0.2) is 45.4 Å². The predicted octanol–water partition coefficient (Wildman–Crippen LogP) is 3.17. The second kappa shape index (κ2) is 11.6. The lowest BCUT2D eigenvalue weighted by Gasteiger charge is -2.09. The van der Waals surface area contributed by atoms with Gasteiger partial charge in [0, 0.05) is 6.54 Å². The molecule has 0 radical (unpaired) electrons. The van der Waals surface area contributed by atoms with E-state index in [1.54, 1.807) is 17.6 Å². The maximum atomic E-state index is 13.1. The summed E-state index contributed by atoms with van der Waals surface area (Å²) in [4.78, 5) is 36.6. The molecule has 35 heavy (non-hydrogen) atoms. The Morgan fingerprint density at radius 1 is 1.29 bits per heavy atom. The number of esters is 1. The van der Waals surface area contributed by atoms with E-state index in [4.69, 9.17) is 15.2 Å². The van der Waals surface area contributed by atoms with Crippen LogP contribution in [0.3, 0.4) is 0 Å². The first-order chi connectivity index (χ1) is 16.7. The third-order valence-corrected chi connectivity index (χ3v) is 6.82. The van der Waals surface area contributed by atoms with Crippen molar-refractivity contribution < 1.29 is 28.2 Å². The molecule has 0 saturated heterocycles. The molecule has 184 valence electrons. The number of nitrogens with one attached hydrogen (secondary N) is 1. The van der Waals surface area contributed by atoms with Gasteiger partial charge in [0.25, 0.3) is 5.91 Å². The molecule has 13 heteroatoms. The first kappa shape index (κ1) is 25.9. The average molecular weight is 520 g/mol. The van der Waals surface area contributed by atoms with Crippen LogP contribution in [0.15, 0.2) is 42.1 Å². The van der Waals surface area contributed by atoms with Crippen LogP contribution in [0.25, 0.3) is 0 Å². The van der Waals surface area contributed by atoms with Gasteiger partial charge < -0.3 is 20.5 Å². The van der Waals surface area contributed by atoms with Gasteiger partial charge in [0.05, 0.1) is 23.3 Å². The van der Waals surface area contributed by atoms with Crippen molar-refractivity contribution in [2.45, 2.75) is 25.2 Å². The third-order valence-electron chi connectivity index (χ3n) is 4.63. The molecule has 0 fully saturated rings. The van der Waals surface area contributed by atoms with Gasteiger partial charge in [-0.3, -0.25) is 14.2 Å². The maximum absolute atomic E-state index is 13.1. The molecule has 3 rings (SSSR count). The Labute approximate surface area is 208 Å². The number of nitrogens with zero attached hydrogens (tertiary/aromatic N) is 3. The Balaban J connectivity index is 1.69. The number of nitrogens with two attached hydrogens (primary N) is 1. The lowest BCUT2D eigenvalue weighted by Crippen LogP contribution is -2.16. The van der Waals surface area contributed by atoms with Gasteiger partial charge in [0.15, 0.2) is 11.0 Å². The quantitative estimate of drug-likeness (QED) is 0.224. The minimum absolute atomic E-state index is 0.0580. The molecule has 0 atom stereocenters. The van der Waals surface area contributed by atoms with Crippen molar-refractivity contribution in [3.05, 3.63) is 64.6 Å². The van der Waals surface area contributed by atoms with Crippen molar-refractivity contribution >= 4 is 45.9 Å². The summed E-state index contributed by atoms with van der Waals surface area (Å²) in [7, 11) is 1.20. The smallest absolute Gasteiger partial charge is 0.341 e. The SMILES string of the molecule is C=CCn1c(COc2ccc(F)cc2)nnc1SCC(=O)Nc1sc(C(N)=O)c(C)c1C(=O)OC. The number of hydrogen-bond donors (Lipinski definition) is 2. The van der Waals surface area contributed by atoms with Crippen LogP contribution in [0.5, 0.6) is 5.75 Å². The minimum Gasteiger partial charge on any atom is -0.486 e. The van der Waals surface area contributed by atoms with Crippen molar-refractivity contribution in [1.29, 1.82) is 0 Å². The number of anilines is 1. The van der Waals surface area contributed by atoms with Crippen LogP contribution < -0.4 is 15.8 Å². The molecular formula is C22H22FN5O5S2. The van der Waals surface area contributed by atoms with Gasteiger partial charge in [0.2, 0.25) is 5.91 Å². The van der Waals surface area contributed by atoms with Crippen LogP contribution >= 0.6 is 23.1 Å². The number of benzene rings is 1. The molecule has 10 nitrogen and oxygen atoms in total. The number of thiophene rings is 1. The molecule has 0 aliphatic rings. The van der Waals surface area contributed by atoms with Gasteiger partial charge >= 0.3 is 5.97 Å². The average Bonchev–Trinajstić information content (AvgIpc) is 3.37. The number of ether oxygens (including phenoxy) is 2. The Morgan fingerprint density at radius 2 is 2.00 bits per heavy atom. The summed E-state index contributed by atoms with van der Waals surface area (Å²) in [6.45, 7) is 5.73. The van der Waals surface area contributed by atoms with Crippen LogP contribution in [0.1, 0.15) is 31.4 Å². The van der Waals surface area contributed by atoms with Gasteiger partial charge in [-0.05, 0) is 36.8 Å². The normalized spacial score (nSPS) is 10.6. The number of carbonyl (C=O) groups excluding carboxylic acids is 3. The van der Waals surface area contributed by atoms with Gasteiger partial charge in [-0.2, -0.15) is 0 Å². The molecule has 2 amide bonds. The summed E-state index contributed by atoms with van der Waals surface area (Å²) in [5.74, 6) is -1.30. The van der Waals surface area contributed by atoms with Crippen molar-refractivity contribution in [3.63, 3.8) is 0 Å². The monoisotopic (exact) mass is 519 g/mol. The van der Waals surface area contributed by atoms with Crippen LogP contribution in [0, 0.1) is 12.7 Å². The van der Waals surface area contributed by atoms with Gasteiger partial charge in [0.1, 0.15) is 23.2 Å². The van der Waals surface area contributed by atoms with Gasteiger partial charge in [-0.25, -0.2) is 9.18 Å². The van der Waals surface area contributed by atoms with Crippen molar-refractivity contribution in [2.24, 2.45) is 5.73 Å². The highest BCUT2D eigenvalue weighted by molar-refractivity contribution is 7.99. The standard InChI is InChI=1S/C22H22FN5O5S2/c1-4-9-28-15(10-33-14-7-5-13(23)6-8-14)26-27-22(28)34-11-16(29)25-20-17(21(31)32-3)12(2)18(35-20)19(24)30/h4-8H,1,9-11H2,2-3H3,(H2,24,30)(H,25,29). The zero-order chi connectivity index (χ0) is 25.5. The van der Waals surface area contributed by atoms with E-state index < -0.39 is 17.8 Å². The number of primary amides is 1. The second-order valence-corrected chi connectivity index (χ2v) is 8.96. The number of rotatable bonds is 11. The fraction of sp³-hybridized carbons (Fsp3) is 0.227. The molecule has 0 unspecified atom stereocenters. The van der Waals surface area contributed by atoms with E-state index in [0.717, 1.165) is 23.1 Å². The Hall–Kier alpha value is -3.71. The lowest BCUT2D eigenvalue weighted by atomic mass is 10.1. The Bertz CT molecular complexity index is 1260. The molecule has 2 aromatic heterocycles. The third kappa shape index (κ3) is 6.25. The van der Waals surface area contributed by atoms with E-state index in [0.29, 0.717) is 28.8 Å². The maximum Gasteiger partial charge on any atom is 0.341 e. The van der Waals surface area contributed by atoms with E-state index in [9.17, 15) is 18.8 Å². The number of aromatic nitrogens is 3. The molecule has 2 heterocycles. The Kier molecular flexibility index (Phi) is 8.60. The molecule has 3 N–H and O–H groups in total. The highest BCUT2D eigenvalue weighted by atomic mass is 32.2. The lowest BCUT2D eigenvalue weighted by molar-refractivity contribution is -0.113. The zero-order valence-corrected chi connectivity index (χ0v) is 20.5. The number of allylic oxidation sites excluding steroid dienone is 1. The largest absolute Gasteiger partial charge is 0.486 e. The summed E-state index contributed by atoms with van der Waals surface area (Å²) in [5, 5.41) is 11.5. The number of hydrogen-bond acceptors (Lipinski definition) is 9. The number of thioether (sulfide) groups is 1. The Morgan fingerprint density at radius 3 is 2.63 bits per heavy atom. The van der Waals surface area contributed by atoms with Gasteiger partial charge in [-0.15, -0.1) is 28.1 Å². The van der Waals surface area contributed by atoms with Crippen molar-refractivity contribution in [2.75, 3.05) is 18.2 Å². The predicted molar refractivity (Wildman–Crippen MR) is 129 cm³/mol. The van der Waals surface area contributed by atoms with E-state index in [2.05, 4.69) is 22.1 Å². The van der Waals surface area contributed by atoms with Crippen LogP contribution in [0.4, 0.5) is 9.39 Å². The molecule has 0 saturated carbocycles. The second-order valence-electron chi connectivity index (χ2n) is 6.99. The number of amides is 2. The van der Waals surface area contributed by atoms with E-state index in [-0.39, 0.29) is 33.6 Å². The number of methoxy groups -OCH3 is 1. The van der Waals surface area contributed by atoms with E-state index >= 15 is 0 Å². The molecule has 0 bridgehead atoms. The first-order valence-electron chi connectivity index (χ1n) is 10.1. The number of halogens is 1. The van der Waals surface area contributed by atoms with Crippen molar-refractivity contribution in [3.8, 4) is 5.75 Å². The topological polar surface area (TPSA) is 138 Å². The minimum atomic E-state index is -0.708. The molecule has 0 aliphatic heterocycles. The summed E-state index contributed by atoms with van der Waals surface area (Å²) in [6, 6.07) is 5.58. The molecular weight excluding hydrogens is 497 g/mol. The summed E-state index contributed by atoms with van der Waals surface area (Å²) in [5.41, 5.74) is 5.79.